The smallest absolute Gasteiger partial charge is 0.373 e. The van der Waals surface area contributed by atoms with Crippen LogP contribution < -0.4 is 0 Å². The second kappa shape index (κ2) is 7.84. The summed E-state index contributed by atoms with van der Waals surface area (Å²) < 4.78 is 33.2. The third kappa shape index (κ3) is 3.69. The molecule has 142 valence electrons. The summed E-state index contributed by atoms with van der Waals surface area (Å²) in [6.45, 7) is 4.46. The summed E-state index contributed by atoms with van der Waals surface area (Å²) in [6.07, 6.45) is 2.73. The summed E-state index contributed by atoms with van der Waals surface area (Å²) in [4.78, 5) is 26.3. The summed E-state index contributed by atoms with van der Waals surface area (Å²) in [5, 5.41) is 0. The van der Waals surface area contributed by atoms with Crippen molar-refractivity contribution in [3.63, 3.8) is 0 Å². The lowest BCUT2D eigenvalue weighted by Crippen LogP contribution is -2.35. The van der Waals surface area contributed by atoms with Crippen LogP contribution in [0, 0.1) is 11.8 Å². The number of rotatable bonds is 10. The summed E-state index contributed by atoms with van der Waals surface area (Å²) in [5.41, 5.74) is 0. The van der Waals surface area contributed by atoms with Crippen molar-refractivity contribution in [1.82, 2.24) is 4.90 Å². The van der Waals surface area contributed by atoms with E-state index in [1.54, 1.807) is 13.8 Å². The van der Waals surface area contributed by atoms with Crippen molar-refractivity contribution in [2.24, 2.45) is 11.8 Å². The number of unbranched alkanes of at least 4 members (excludes halogenated alkanes) is 1. The molecule has 3 saturated heterocycles. The Labute approximate surface area is 147 Å². The number of likely N-dealkylation sites (tertiary alicyclic amines) is 1. The monoisotopic (exact) mass is 375 g/mol. The van der Waals surface area contributed by atoms with Gasteiger partial charge in [0.1, 0.15) is 0 Å². The van der Waals surface area contributed by atoms with E-state index in [1.807, 2.05) is 0 Å². The molecule has 0 saturated carbocycles. The minimum absolute atomic E-state index is 0.0805. The standard InChI is InChI=1S/C16H26NO7P/c1-3-21-25(20,22-4-2)23-10-6-5-9-17-15(18)13-11-7-8-12(24-11)14(13)16(17)19/h11-14H,3-10H2,1-2H3/t11-,12+,13-,14+. The molecule has 3 rings (SSSR count). The normalized spacial score (nSPS) is 31.2. The van der Waals surface area contributed by atoms with E-state index in [0.717, 1.165) is 12.8 Å². The zero-order valence-corrected chi connectivity index (χ0v) is 15.6. The molecule has 3 fully saturated rings. The second-order valence-corrected chi connectivity index (χ2v) is 8.16. The molecule has 25 heavy (non-hydrogen) atoms. The fraction of sp³-hybridized carbons (Fsp3) is 0.875. The number of phosphoric ester groups is 1. The average molecular weight is 375 g/mol. The highest BCUT2D eigenvalue weighted by Crippen LogP contribution is 2.50. The molecule has 4 atom stereocenters. The molecule has 3 aliphatic rings. The average Bonchev–Trinajstić information content (AvgIpc) is 3.24. The van der Waals surface area contributed by atoms with Gasteiger partial charge in [-0.2, -0.15) is 0 Å². The lowest BCUT2D eigenvalue weighted by molar-refractivity contribution is -0.142. The Morgan fingerprint density at radius 3 is 2.08 bits per heavy atom. The number of carbonyl (C=O) groups excluding carboxylic acids is 2. The van der Waals surface area contributed by atoms with Gasteiger partial charge in [0.25, 0.3) is 0 Å². The second-order valence-electron chi connectivity index (χ2n) is 6.49. The van der Waals surface area contributed by atoms with Crippen LogP contribution in [0.2, 0.25) is 0 Å². The molecule has 0 unspecified atom stereocenters. The molecule has 0 spiro atoms. The first-order valence-electron chi connectivity index (χ1n) is 9.05. The Morgan fingerprint density at radius 1 is 1.00 bits per heavy atom. The van der Waals surface area contributed by atoms with Gasteiger partial charge in [-0.25, -0.2) is 4.57 Å². The Kier molecular flexibility index (Phi) is 5.96. The number of phosphoric acid groups is 1. The summed E-state index contributed by atoms with van der Waals surface area (Å²) in [7, 11) is -3.50. The van der Waals surface area contributed by atoms with Gasteiger partial charge in [-0.3, -0.25) is 28.1 Å². The highest BCUT2D eigenvalue weighted by atomic mass is 31.2. The first kappa shape index (κ1) is 19.0. The van der Waals surface area contributed by atoms with Crippen LogP contribution in [0.4, 0.5) is 0 Å². The van der Waals surface area contributed by atoms with E-state index in [-0.39, 0.29) is 55.7 Å². The van der Waals surface area contributed by atoms with Gasteiger partial charge in [-0.15, -0.1) is 0 Å². The zero-order valence-electron chi connectivity index (χ0n) is 14.7. The first-order valence-corrected chi connectivity index (χ1v) is 10.5. The minimum atomic E-state index is -3.50. The van der Waals surface area contributed by atoms with Gasteiger partial charge in [0.2, 0.25) is 11.8 Å². The van der Waals surface area contributed by atoms with Crippen LogP contribution in [-0.4, -0.2) is 55.3 Å². The maximum atomic E-state index is 12.5. The SMILES string of the molecule is CCOP(=O)(OCC)OCCCCN1C(=O)[C@@H]2[C@H](C1=O)[C@H]1CC[C@@H]2O1. The first-order chi connectivity index (χ1) is 12.0. The van der Waals surface area contributed by atoms with E-state index >= 15 is 0 Å². The number of amides is 2. The molecule has 8 nitrogen and oxygen atoms in total. The summed E-state index contributed by atoms with van der Waals surface area (Å²) >= 11 is 0. The lowest BCUT2D eigenvalue weighted by Gasteiger charge is -2.18. The van der Waals surface area contributed by atoms with Crippen molar-refractivity contribution in [3.8, 4) is 0 Å². The molecule has 3 aliphatic heterocycles. The Hall–Kier alpha value is -0.790. The molecule has 0 N–H and O–H groups in total. The van der Waals surface area contributed by atoms with E-state index in [1.165, 1.54) is 4.90 Å². The molecule has 0 aliphatic carbocycles. The molecule has 3 heterocycles. The van der Waals surface area contributed by atoms with Crippen molar-refractivity contribution in [2.45, 2.75) is 51.7 Å². The number of imide groups is 1. The Bertz CT molecular complexity index is 531. The minimum Gasteiger partial charge on any atom is -0.373 e. The van der Waals surface area contributed by atoms with Crippen molar-refractivity contribution in [3.05, 3.63) is 0 Å². The van der Waals surface area contributed by atoms with Crippen molar-refractivity contribution in [1.29, 1.82) is 0 Å². The molecule has 2 amide bonds. The molecule has 0 aromatic heterocycles. The van der Waals surface area contributed by atoms with E-state index < -0.39 is 7.82 Å². The number of carbonyl (C=O) groups is 2. The van der Waals surface area contributed by atoms with Gasteiger partial charge in [-0.05, 0) is 39.5 Å². The quantitative estimate of drug-likeness (QED) is 0.328. The topological polar surface area (TPSA) is 91.4 Å². The Morgan fingerprint density at radius 2 is 1.56 bits per heavy atom. The largest absolute Gasteiger partial charge is 0.474 e. The third-order valence-electron chi connectivity index (χ3n) is 4.98. The highest BCUT2D eigenvalue weighted by molar-refractivity contribution is 7.48. The Balaban J connectivity index is 1.43. The predicted octanol–water partition coefficient (Wildman–Crippen LogP) is 2.13. The van der Waals surface area contributed by atoms with E-state index in [2.05, 4.69) is 0 Å². The van der Waals surface area contributed by atoms with Gasteiger partial charge in [0.15, 0.2) is 0 Å². The predicted molar refractivity (Wildman–Crippen MR) is 87.6 cm³/mol. The van der Waals surface area contributed by atoms with Gasteiger partial charge >= 0.3 is 7.82 Å². The number of hydrogen-bond donors (Lipinski definition) is 0. The lowest BCUT2D eigenvalue weighted by atomic mass is 9.81. The summed E-state index contributed by atoms with van der Waals surface area (Å²) in [6, 6.07) is 0. The van der Waals surface area contributed by atoms with Crippen LogP contribution in [0.1, 0.15) is 39.5 Å². The molecule has 0 aromatic carbocycles. The van der Waals surface area contributed by atoms with Gasteiger partial charge in [0, 0.05) is 6.54 Å². The van der Waals surface area contributed by atoms with Gasteiger partial charge < -0.3 is 4.74 Å². The van der Waals surface area contributed by atoms with Crippen LogP contribution in [0.3, 0.4) is 0 Å². The van der Waals surface area contributed by atoms with Crippen molar-refractivity contribution < 1.29 is 32.5 Å². The number of nitrogens with zero attached hydrogens (tertiary/aromatic N) is 1. The van der Waals surface area contributed by atoms with E-state index in [9.17, 15) is 14.2 Å². The zero-order chi connectivity index (χ0) is 18.0. The van der Waals surface area contributed by atoms with Crippen molar-refractivity contribution in [2.75, 3.05) is 26.4 Å². The van der Waals surface area contributed by atoms with Crippen LogP contribution in [0.25, 0.3) is 0 Å². The molecule has 9 heteroatoms. The van der Waals surface area contributed by atoms with Crippen LogP contribution in [0.15, 0.2) is 0 Å². The third-order valence-corrected chi connectivity index (χ3v) is 6.62. The fourth-order valence-corrected chi connectivity index (χ4v) is 5.18. The molecule has 2 bridgehead atoms. The van der Waals surface area contributed by atoms with Crippen LogP contribution in [-0.2, 0) is 32.5 Å². The molecule has 0 aromatic rings. The van der Waals surface area contributed by atoms with Gasteiger partial charge in [0.05, 0.1) is 43.9 Å². The fourth-order valence-electron chi connectivity index (χ4n) is 3.97. The maximum Gasteiger partial charge on any atom is 0.474 e. The van der Waals surface area contributed by atoms with E-state index in [4.69, 9.17) is 18.3 Å². The molecular formula is C16H26NO7P. The van der Waals surface area contributed by atoms with Crippen LogP contribution in [0.5, 0.6) is 0 Å². The maximum absolute atomic E-state index is 12.5. The molecular weight excluding hydrogens is 349 g/mol. The van der Waals surface area contributed by atoms with Crippen molar-refractivity contribution >= 4 is 19.6 Å². The number of ether oxygens (including phenoxy) is 1. The molecule has 0 radical (unpaired) electrons. The van der Waals surface area contributed by atoms with E-state index in [0.29, 0.717) is 19.4 Å². The van der Waals surface area contributed by atoms with Gasteiger partial charge in [-0.1, -0.05) is 0 Å². The number of hydrogen-bond acceptors (Lipinski definition) is 7. The highest BCUT2D eigenvalue weighted by Gasteiger charge is 2.62. The summed E-state index contributed by atoms with van der Waals surface area (Å²) in [5.74, 6) is -0.757. The number of fused-ring (bicyclic) bond motifs is 5. The van der Waals surface area contributed by atoms with Crippen LogP contribution >= 0.6 is 7.82 Å².